The van der Waals surface area contributed by atoms with Gasteiger partial charge < -0.3 is 14.8 Å². The highest BCUT2D eigenvalue weighted by atomic mass is 32.2. The van der Waals surface area contributed by atoms with Gasteiger partial charge in [0.1, 0.15) is 6.04 Å². The predicted molar refractivity (Wildman–Crippen MR) is 97.1 cm³/mol. The Morgan fingerprint density at radius 2 is 1.96 bits per heavy atom. The minimum atomic E-state index is -4.11. The number of furan rings is 1. The Kier molecular flexibility index (Phi) is 5.07. The number of carboxylic acids is 1. The maximum Gasteiger partial charge on any atom is 0.371 e. The van der Waals surface area contributed by atoms with E-state index in [1.54, 1.807) is 6.07 Å². The number of carbonyl (C=O) groups is 2. The lowest BCUT2D eigenvalue weighted by molar-refractivity contribution is -0.119. The standard InChI is InChI=1S/C18H20N2O6S/c1-11-5-3-6-13(12(11)2)19-17(21)14-7-4-10-20(14)27(24,25)16-9-8-15(26-16)18(22)23/h3,5-6,8-9,14H,4,7,10H2,1-2H3,(H,19,21)(H,22,23). The quantitative estimate of drug-likeness (QED) is 0.807. The number of aromatic carboxylic acids is 1. The number of nitrogens with zero attached hydrogens (tertiary/aromatic N) is 1. The van der Waals surface area contributed by atoms with Gasteiger partial charge in [0.05, 0.1) is 0 Å². The second-order valence-electron chi connectivity index (χ2n) is 6.43. The third kappa shape index (κ3) is 3.60. The van der Waals surface area contributed by atoms with E-state index >= 15 is 0 Å². The van der Waals surface area contributed by atoms with Crippen LogP contribution >= 0.6 is 0 Å². The van der Waals surface area contributed by atoms with E-state index in [-0.39, 0.29) is 6.54 Å². The molecule has 0 bridgehead atoms. The topological polar surface area (TPSA) is 117 Å². The van der Waals surface area contributed by atoms with E-state index in [2.05, 4.69) is 5.32 Å². The maximum atomic E-state index is 12.8. The van der Waals surface area contributed by atoms with E-state index < -0.39 is 38.8 Å². The van der Waals surface area contributed by atoms with Gasteiger partial charge in [-0.2, -0.15) is 4.31 Å². The zero-order chi connectivity index (χ0) is 19.8. The van der Waals surface area contributed by atoms with Crippen LogP contribution in [0.2, 0.25) is 0 Å². The highest BCUT2D eigenvalue weighted by Gasteiger charge is 2.41. The number of benzene rings is 1. The molecular formula is C18H20N2O6S. The number of carboxylic acid groups (broad SMARTS) is 1. The van der Waals surface area contributed by atoms with Crippen molar-refractivity contribution in [2.45, 2.75) is 37.8 Å². The van der Waals surface area contributed by atoms with E-state index in [1.807, 2.05) is 26.0 Å². The van der Waals surface area contributed by atoms with Crippen LogP contribution in [-0.4, -0.2) is 42.3 Å². The number of rotatable bonds is 5. The summed E-state index contributed by atoms with van der Waals surface area (Å²) in [6, 6.07) is 6.80. The fourth-order valence-corrected chi connectivity index (χ4v) is 4.65. The van der Waals surface area contributed by atoms with E-state index in [9.17, 15) is 18.0 Å². The summed E-state index contributed by atoms with van der Waals surface area (Å²) in [6.45, 7) is 3.97. The van der Waals surface area contributed by atoms with Crippen molar-refractivity contribution in [3.8, 4) is 0 Å². The number of amides is 1. The molecule has 0 spiro atoms. The second-order valence-corrected chi connectivity index (χ2v) is 8.26. The molecule has 1 fully saturated rings. The van der Waals surface area contributed by atoms with Crippen LogP contribution in [0.3, 0.4) is 0 Å². The molecule has 2 aromatic rings. The molecule has 1 saturated heterocycles. The van der Waals surface area contributed by atoms with E-state index in [1.165, 1.54) is 0 Å². The normalized spacial score (nSPS) is 17.8. The molecule has 1 aromatic heterocycles. The number of hydrogen-bond acceptors (Lipinski definition) is 5. The molecule has 144 valence electrons. The monoisotopic (exact) mass is 392 g/mol. The largest absolute Gasteiger partial charge is 0.475 e. The first-order chi connectivity index (χ1) is 12.7. The summed E-state index contributed by atoms with van der Waals surface area (Å²) in [6.07, 6.45) is 0.902. The summed E-state index contributed by atoms with van der Waals surface area (Å²) in [7, 11) is -4.11. The summed E-state index contributed by atoms with van der Waals surface area (Å²) >= 11 is 0. The number of nitrogens with one attached hydrogen (secondary N) is 1. The number of hydrogen-bond donors (Lipinski definition) is 2. The minimum absolute atomic E-state index is 0.163. The number of aryl methyl sites for hydroxylation is 1. The summed E-state index contributed by atoms with van der Waals surface area (Å²) in [5.41, 5.74) is 2.56. The number of carbonyl (C=O) groups excluding carboxylic acids is 1. The lowest BCUT2D eigenvalue weighted by Crippen LogP contribution is -2.43. The molecule has 1 aliphatic heterocycles. The van der Waals surface area contributed by atoms with Crippen LogP contribution in [0, 0.1) is 13.8 Å². The van der Waals surface area contributed by atoms with Crippen LogP contribution in [0.1, 0.15) is 34.5 Å². The first kappa shape index (κ1) is 19.1. The summed E-state index contributed by atoms with van der Waals surface area (Å²) < 4.78 is 31.6. The fraction of sp³-hybridized carbons (Fsp3) is 0.333. The highest BCUT2D eigenvalue weighted by Crippen LogP contribution is 2.28. The molecule has 2 N–H and O–H groups in total. The van der Waals surface area contributed by atoms with Gasteiger partial charge in [-0.25, -0.2) is 13.2 Å². The lowest BCUT2D eigenvalue weighted by atomic mass is 10.1. The van der Waals surface area contributed by atoms with E-state index in [4.69, 9.17) is 9.52 Å². The summed E-state index contributed by atoms with van der Waals surface area (Å²) in [5, 5.41) is 11.2. The average molecular weight is 392 g/mol. The van der Waals surface area contributed by atoms with Crippen molar-refractivity contribution in [1.29, 1.82) is 0 Å². The molecular weight excluding hydrogens is 372 g/mol. The van der Waals surface area contributed by atoms with Crippen molar-refractivity contribution in [3.05, 3.63) is 47.2 Å². The molecule has 8 nitrogen and oxygen atoms in total. The van der Waals surface area contributed by atoms with E-state index in [0.717, 1.165) is 27.6 Å². The molecule has 2 heterocycles. The Labute approximate surface area is 156 Å². The van der Waals surface area contributed by atoms with Gasteiger partial charge >= 0.3 is 5.97 Å². The van der Waals surface area contributed by atoms with Crippen LogP contribution in [0.15, 0.2) is 39.8 Å². The molecule has 1 aliphatic rings. The Morgan fingerprint density at radius 1 is 1.22 bits per heavy atom. The van der Waals surface area contributed by atoms with Crippen molar-refractivity contribution in [1.82, 2.24) is 4.31 Å². The third-order valence-electron chi connectivity index (χ3n) is 4.72. The van der Waals surface area contributed by atoms with E-state index in [0.29, 0.717) is 18.5 Å². The smallest absolute Gasteiger partial charge is 0.371 e. The zero-order valence-corrected chi connectivity index (χ0v) is 15.7. The maximum absolute atomic E-state index is 12.8. The third-order valence-corrected chi connectivity index (χ3v) is 6.51. The summed E-state index contributed by atoms with van der Waals surface area (Å²) in [5.74, 6) is -2.25. The molecule has 1 unspecified atom stereocenters. The fourth-order valence-electron chi connectivity index (χ4n) is 3.08. The van der Waals surface area contributed by atoms with Crippen molar-refractivity contribution in [2.75, 3.05) is 11.9 Å². The Morgan fingerprint density at radius 3 is 2.63 bits per heavy atom. The van der Waals surface area contributed by atoms with Crippen molar-refractivity contribution >= 4 is 27.6 Å². The average Bonchev–Trinajstić information content (AvgIpc) is 3.28. The first-order valence-corrected chi connectivity index (χ1v) is 9.88. The zero-order valence-electron chi connectivity index (χ0n) is 14.9. The van der Waals surface area contributed by atoms with Gasteiger partial charge in [0.25, 0.3) is 10.0 Å². The molecule has 0 saturated carbocycles. The molecule has 0 aliphatic carbocycles. The van der Waals surface area contributed by atoms with Gasteiger partial charge in [-0.1, -0.05) is 12.1 Å². The van der Waals surface area contributed by atoms with Gasteiger partial charge in [-0.05, 0) is 56.0 Å². The lowest BCUT2D eigenvalue weighted by Gasteiger charge is -2.22. The first-order valence-electron chi connectivity index (χ1n) is 8.44. The molecule has 9 heteroatoms. The molecule has 1 atom stereocenters. The van der Waals surface area contributed by atoms with Gasteiger partial charge in [-0.15, -0.1) is 0 Å². The van der Waals surface area contributed by atoms with Crippen molar-refractivity contribution < 1.29 is 27.5 Å². The van der Waals surface area contributed by atoms with Gasteiger partial charge in [-0.3, -0.25) is 4.79 Å². The molecule has 1 amide bonds. The second kappa shape index (κ2) is 7.16. The molecule has 0 radical (unpaired) electrons. The van der Waals surface area contributed by atoms with Gasteiger partial charge in [0, 0.05) is 12.2 Å². The van der Waals surface area contributed by atoms with Crippen LogP contribution in [0.25, 0.3) is 0 Å². The van der Waals surface area contributed by atoms with Gasteiger partial charge in [0.15, 0.2) is 0 Å². The molecule has 1 aromatic carbocycles. The Balaban J connectivity index is 1.84. The van der Waals surface area contributed by atoms with Crippen molar-refractivity contribution in [2.24, 2.45) is 0 Å². The van der Waals surface area contributed by atoms with Crippen LogP contribution in [0.4, 0.5) is 5.69 Å². The molecule has 27 heavy (non-hydrogen) atoms. The SMILES string of the molecule is Cc1cccc(NC(=O)C2CCCN2S(=O)(=O)c2ccc(C(=O)O)o2)c1C. The predicted octanol–water partition coefficient (Wildman–Crippen LogP) is 2.39. The number of anilines is 1. The number of sulfonamides is 1. The Hall–Kier alpha value is -2.65. The summed E-state index contributed by atoms with van der Waals surface area (Å²) in [4.78, 5) is 23.7. The Bertz CT molecular complexity index is 995. The van der Waals surface area contributed by atoms with Crippen LogP contribution < -0.4 is 5.32 Å². The van der Waals surface area contributed by atoms with Crippen LogP contribution in [-0.2, 0) is 14.8 Å². The van der Waals surface area contributed by atoms with Crippen LogP contribution in [0.5, 0.6) is 0 Å². The van der Waals surface area contributed by atoms with Gasteiger partial charge in [0.2, 0.25) is 16.8 Å². The van der Waals surface area contributed by atoms with Crippen molar-refractivity contribution in [3.63, 3.8) is 0 Å². The minimum Gasteiger partial charge on any atom is -0.475 e. The highest BCUT2D eigenvalue weighted by molar-refractivity contribution is 7.89. The molecule has 3 rings (SSSR count).